The molecular weight excluding hydrogens is 460 g/mol. The van der Waals surface area contributed by atoms with E-state index in [1.165, 1.54) is 0 Å². The van der Waals surface area contributed by atoms with E-state index in [9.17, 15) is 9.59 Å². The predicted octanol–water partition coefficient (Wildman–Crippen LogP) is 3.93. The number of nitrogens with two attached hydrogens (primary N) is 1. The molecule has 0 bridgehead atoms. The zero-order valence-corrected chi connectivity index (χ0v) is 20.8. The van der Waals surface area contributed by atoms with Crippen molar-refractivity contribution >= 4 is 34.2 Å². The molecule has 4 N–H and O–H groups in total. The van der Waals surface area contributed by atoms with E-state index < -0.39 is 0 Å². The van der Waals surface area contributed by atoms with E-state index in [0.29, 0.717) is 43.2 Å². The van der Waals surface area contributed by atoms with Crippen LogP contribution < -0.4 is 16.4 Å². The highest BCUT2D eigenvalue weighted by atomic mass is 35.5. The van der Waals surface area contributed by atoms with Gasteiger partial charge >= 0.3 is 0 Å². The largest absolute Gasteiger partial charge is 0.350 e. The van der Waals surface area contributed by atoms with Gasteiger partial charge in [0.15, 0.2) is 0 Å². The topological polar surface area (TPSA) is 87.5 Å². The lowest BCUT2D eigenvalue weighted by atomic mass is 10.00. The second kappa shape index (κ2) is 11.7. The minimum atomic E-state index is -0.359. The van der Waals surface area contributed by atoms with Crippen LogP contribution in [0.2, 0.25) is 5.02 Å². The number of amides is 2. The highest BCUT2D eigenvalue weighted by molar-refractivity contribution is 6.30. The van der Waals surface area contributed by atoms with Crippen LogP contribution in [0.3, 0.4) is 0 Å². The Morgan fingerprint density at radius 3 is 2.63 bits per heavy atom. The standard InChI is InChI=1S/C28H33ClN4O2/c1-19(20-8-10-24(29)11-9-20)18-33-15-13-25(32-26(12-14-30)28(33)35)17-31-27(34)23-7-6-21-4-2-3-5-22(21)16-23/h2-11,16,19,25-26,32H,12-15,17-18,30H2,1H3,(H,31,34)/t19-,25-,26-/m1/s1. The summed E-state index contributed by atoms with van der Waals surface area (Å²) in [6.45, 7) is 4.23. The monoisotopic (exact) mass is 492 g/mol. The van der Waals surface area contributed by atoms with E-state index in [4.69, 9.17) is 17.3 Å². The predicted molar refractivity (Wildman–Crippen MR) is 142 cm³/mol. The third-order valence-corrected chi connectivity index (χ3v) is 6.96. The first-order chi connectivity index (χ1) is 16.9. The number of benzene rings is 3. The number of rotatable bonds is 8. The molecular formula is C28H33ClN4O2. The number of fused-ring (bicyclic) bond motifs is 1. The second-order valence-corrected chi connectivity index (χ2v) is 9.73. The van der Waals surface area contributed by atoms with Crippen molar-refractivity contribution in [2.45, 2.75) is 37.8 Å². The van der Waals surface area contributed by atoms with E-state index in [0.717, 1.165) is 22.8 Å². The van der Waals surface area contributed by atoms with Crippen LogP contribution in [0, 0.1) is 0 Å². The fourth-order valence-electron chi connectivity index (χ4n) is 4.67. The molecule has 3 atom stereocenters. The molecule has 0 radical (unpaired) electrons. The quantitative estimate of drug-likeness (QED) is 0.444. The molecule has 6 nitrogen and oxygen atoms in total. The van der Waals surface area contributed by atoms with Gasteiger partial charge < -0.3 is 21.3 Å². The molecule has 3 aromatic rings. The minimum absolute atomic E-state index is 0.0178. The van der Waals surface area contributed by atoms with E-state index in [1.807, 2.05) is 71.6 Å². The van der Waals surface area contributed by atoms with Gasteiger partial charge in [-0.05, 0) is 65.9 Å². The SMILES string of the molecule is C[C@H](CN1CC[C@H](CNC(=O)c2ccc3ccccc3c2)N[C@H](CCN)C1=O)c1ccc(Cl)cc1. The van der Waals surface area contributed by atoms with Crippen LogP contribution in [0.4, 0.5) is 0 Å². The summed E-state index contributed by atoms with van der Waals surface area (Å²) in [7, 11) is 0. The summed E-state index contributed by atoms with van der Waals surface area (Å²) in [5, 5.41) is 9.34. The Hall–Kier alpha value is -2.93. The van der Waals surface area contributed by atoms with Gasteiger partial charge in [-0.15, -0.1) is 0 Å². The summed E-state index contributed by atoms with van der Waals surface area (Å²) in [5.74, 6) is 0.134. The molecule has 184 valence electrons. The molecule has 0 saturated carbocycles. The molecule has 0 spiro atoms. The maximum absolute atomic E-state index is 13.3. The maximum Gasteiger partial charge on any atom is 0.251 e. The summed E-state index contributed by atoms with van der Waals surface area (Å²) in [4.78, 5) is 28.0. The highest BCUT2D eigenvalue weighted by Gasteiger charge is 2.31. The van der Waals surface area contributed by atoms with Crippen LogP contribution in [0.5, 0.6) is 0 Å². The lowest BCUT2D eigenvalue weighted by Gasteiger charge is -2.27. The van der Waals surface area contributed by atoms with Gasteiger partial charge in [0, 0.05) is 36.3 Å². The third kappa shape index (κ3) is 6.40. The van der Waals surface area contributed by atoms with Gasteiger partial charge in [-0.1, -0.05) is 61.0 Å². The summed E-state index contributed by atoms with van der Waals surface area (Å²) in [6.07, 6.45) is 1.30. The Bertz CT molecular complexity index is 1170. The van der Waals surface area contributed by atoms with Crippen LogP contribution >= 0.6 is 11.6 Å². The van der Waals surface area contributed by atoms with Crippen molar-refractivity contribution in [3.8, 4) is 0 Å². The number of hydrogen-bond acceptors (Lipinski definition) is 4. The molecule has 35 heavy (non-hydrogen) atoms. The normalized spacial score (nSPS) is 19.4. The molecule has 7 heteroatoms. The molecule has 4 rings (SSSR count). The first-order valence-corrected chi connectivity index (χ1v) is 12.6. The first-order valence-electron chi connectivity index (χ1n) is 12.2. The number of halogens is 1. The van der Waals surface area contributed by atoms with Crippen LogP contribution in [0.25, 0.3) is 10.8 Å². The van der Waals surface area contributed by atoms with Crippen molar-refractivity contribution in [3.05, 3.63) is 82.9 Å². The lowest BCUT2D eigenvalue weighted by Crippen LogP contribution is -2.49. The van der Waals surface area contributed by atoms with Gasteiger partial charge in [-0.3, -0.25) is 9.59 Å². The fourth-order valence-corrected chi connectivity index (χ4v) is 4.80. The number of hydrogen-bond donors (Lipinski definition) is 3. The van der Waals surface area contributed by atoms with Crippen LogP contribution in [-0.4, -0.2) is 55.0 Å². The van der Waals surface area contributed by atoms with Gasteiger partial charge in [0.2, 0.25) is 5.91 Å². The molecule has 0 unspecified atom stereocenters. The molecule has 1 saturated heterocycles. The zero-order chi connectivity index (χ0) is 24.8. The van der Waals surface area contributed by atoms with Crippen molar-refractivity contribution < 1.29 is 9.59 Å². The van der Waals surface area contributed by atoms with Gasteiger partial charge in [-0.2, -0.15) is 0 Å². The van der Waals surface area contributed by atoms with Gasteiger partial charge in [0.25, 0.3) is 5.91 Å². The summed E-state index contributed by atoms with van der Waals surface area (Å²) in [6, 6.07) is 21.1. The third-order valence-electron chi connectivity index (χ3n) is 6.70. The number of nitrogens with zero attached hydrogens (tertiary/aromatic N) is 1. The van der Waals surface area contributed by atoms with Crippen LogP contribution in [-0.2, 0) is 4.79 Å². The van der Waals surface area contributed by atoms with Crippen molar-refractivity contribution in [2.24, 2.45) is 5.73 Å². The molecule has 3 aromatic carbocycles. The summed E-state index contributed by atoms with van der Waals surface area (Å²) < 4.78 is 0. The molecule has 0 aromatic heterocycles. The molecule has 0 aliphatic carbocycles. The van der Waals surface area contributed by atoms with E-state index in [2.05, 4.69) is 17.6 Å². The molecule has 1 fully saturated rings. The van der Waals surface area contributed by atoms with Crippen molar-refractivity contribution in [1.82, 2.24) is 15.5 Å². The fraction of sp³-hybridized carbons (Fsp3) is 0.357. The minimum Gasteiger partial charge on any atom is -0.350 e. The van der Waals surface area contributed by atoms with E-state index in [1.54, 1.807) is 0 Å². The summed E-state index contributed by atoms with van der Waals surface area (Å²) in [5.41, 5.74) is 7.60. The zero-order valence-electron chi connectivity index (χ0n) is 20.0. The van der Waals surface area contributed by atoms with Crippen molar-refractivity contribution in [2.75, 3.05) is 26.2 Å². The van der Waals surface area contributed by atoms with E-state index >= 15 is 0 Å². The summed E-state index contributed by atoms with van der Waals surface area (Å²) >= 11 is 6.03. The Morgan fingerprint density at radius 2 is 1.89 bits per heavy atom. The molecule has 2 amide bonds. The molecule has 1 aliphatic rings. The smallest absolute Gasteiger partial charge is 0.251 e. The van der Waals surface area contributed by atoms with E-state index in [-0.39, 0.29) is 29.8 Å². The Labute approximate surface area is 211 Å². The second-order valence-electron chi connectivity index (χ2n) is 9.29. The number of nitrogens with one attached hydrogen (secondary N) is 2. The number of carbonyl (C=O) groups is 2. The molecule has 1 aliphatic heterocycles. The molecule has 1 heterocycles. The Morgan fingerprint density at radius 1 is 1.14 bits per heavy atom. The average molecular weight is 493 g/mol. The van der Waals surface area contributed by atoms with Crippen LogP contribution in [0.15, 0.2) is 66.7 Å². The first kappa shape index (κ1) is 25.2. The number of carbonyl (C=O) groups excluding carboxylic acids is 2. The van der Waals surface area contributed by atoms with Crippen molar-refractivity contribution in [1.29, 1.82) is 0 Å². The Balaban J connectivity index is 1.39. The van der Waals surface area contributed by atoms with Crippen molar-refractivity contribution in [3.63, 3.8) is 0 Å². The van der Waals surface area contributed by atoms with Gasteiger partial charge in [-0.25, -0.2) is 0 Å². The maximum atomic E-state index is 13.3. The van der Waals surface area contributed by atoms with Gasteiger partial charge in [0.1, 0.15) is 0 Å². The lowest BCUT2D eigenvalue weighted by molar-refractivity contribution is -0.133. The van der Waals surface area contributed by atoms with Crippen LogP contribution in [0.1, 0.15) is 41.6 Å². The average Bonchev–Trinajstić information content (AvgIpc) is 3.01. The van der Waals surface area contributed by atoms with Gasteiger partial charge in [0.05, 0.1) is 6.04 Å². The Kier molecular flexibility index (Phi) is 8.39. The highest BCUT2D eigenvalue weighted by Crippen LogP contribution is 2.21.